The summed E-state index contributed by atoms with van der Waals surface area (Å²) < 4.78 is 13.5. The fourth-order valence-corrected chi connectivity index (χ4v) is 4.65. The summed E-state index contributed by atoms with van der Waals surface area (Å²) in [5, 5.41) is 20.5. The Morgan fingerprint density at radius 2 is 1.94 bits per heavy atom. The molecule has 0 fully saturated rings. The molecule has 0 aliphatic rings. The minimum Gasteiger partial charge on any atom is -0.467 e. The summed E-state index contributed by atoms with van der Waals surface area (Å²) in [6.45, 7) is 2.50. The van der Waals surface area contributed by atoms with Gasteiger partial charge in [-0.1, -0.05) is 29.4 Å². The fourth-order valence-electron chi connectivity index (χ4n) is 3.00. The van der Waals surface area contributed by atoms with E-state index in [1.54, 1.807) is 17.6 Å². The van der Waals surface area contributed by atoms with E-state index in [4.69, 9.17) is 20.4 Å². The molecular weight excluding hydrogens is 454 g/mol. The maximum atomic E-state index is 6.05. The zero-order valence-corrected chi connectivity index (χ0v) is 18.7. The predicted molar refractivity (Wildman–Crippen MR) is 120 cm³/mol. The Morgan fingerprint density at radius 3 is 2.68 bits per heavy atom. The summed E-state index contributed by atoms with van der Waals surface area (Å²) in [4.78, 5) is 0.946. The van der Waals surface area contributed by atoms with E-state index in [0.717, 1.165) is 27.2 Å². The minimum absolute atomic E-state index is 0.112. The van der Waals surface area contributed by atoms with Gasteiger partial charge in [-0.3, -0.25) is 4.57 Å². The summed E-state index contributed by atoms with van der Waals surface area (Å²) in [5.41, 5.74) is 0.917. The number of rotatable bonds is 7. The number of aromatic nitrogens is 5. The second kappa shape index (κ2) is 8.70. The lowest BCUT2D eigenvalue weighted by molar-refractivity contribution is 0.484. The van der Waals surface area contributed by atoms with Crippen molar-refractivity contribution in [3.63, 3.8) is 0 Å². The van der Waals surface area contributed by atoms with Crippen LogP contribution in [0.5, 0.6) is 0 Å². The van der Waals surface area contributed by atoms with E-state index in [2.05, 4.69) is 20.4 Å². The van der Waals surface area contributed by atoms with Crippen LogP contribution in [0.15, 0.2) is 74.2 Å². The maximum Gasteiger partial charge on any atom is 0.257 e. The fraction of sp³-hybridized carbons (Fsp3) is 0.143. The van der Waals surface area contributed by atoms with Crippen LogP contribution in [0, 0.1) is 0 Å². The second-order valence-electron chi connectivity index (χ2n) is 6.66. The van der Waals surface area contributed by atoms with Crippen LogP contribution in [0.3, 0.4) is 0 Å². The number of thiophene rings is 1. The van der Waals surface area contributed by atoms with Crippen LogP contribution < -0.4 is 0 Å². The number of hydrogen-bond donors (Lipinski definition) is 0. The number of halogens is 1. The van der Waals surface area contributed by atoms with E-state index >= 15 is 0 Å². The molecule has 5 rings (SSSR count). The second-order valence-corrected chi connectivity index (χ2v) is 9.35. The van der Waals surface area contributed by atoms with Gasteiger partial charge in [0, 0.05) is 10.6 Å². The van der Waals surface area contributed by atoms with Gasteiger partial charge in [-0.05, 0) is 54.8 Å². The largest absolute Gasteiger partial charge is 0.467 e. The Kier molecular flexibility index (Phi) is 5.63. The van der Waals surface area contributed by atoms with Crippen molar-refractivity contribution in [3.05, 3.63) is 76.8 Å². The molecule has 0 saturated heterocycles. The van der Waals surface area contributed by atoms with Gasteiger partial charge in [-0.25, -0.2) is 0 Å². The standard InChI is InChI=1S/C21H16ClN5O2S2/c1-13(19-24-25-20(29-19)17-5-3-11-30-17)31-21-26-23-18(14-6-8-15(22)9-7-14)27(21)12-16-4-2-10-28-16/h2-11,13H,12H2,1H3. The van der Waals surface area contributed by atoms with Crippen molar-refractivity contribution in [2.45, 2.75) is 23.9 Å². The lowest BCUT2D eigenvalue weighted by atomic mass is 10.2. The molecule has 0 radical (unpaired) electrons. The first-order chi connectivity index (χ1) is 15.2. The van der Waals surface area contributed by atoms with Crippen LogP contribution in [0.25, 0.3) is 22.2 Å². The van der Waals surface area contributed by atoms with Crippen molar-refractivity contribution in [2.24, 2.45) is 0 Å². The lowest BCUT2D eigenvalue weighted by Gasteiger charge is -2.11. The monoisotopic (exact) mass is 469 g/mol. The molecule has 4 heterocycles. The SMILES string of the molecule is CC(Sc1nnc(-c2ccc(Cl)cc2)n1Cc1ccco1)c1nnc(-c2cccs2)o1. The average Bonchev–Trinajstić information content (AvgIpc) is 3.57. The highest BCUT2D eigenvalue weighted by atomic mass is 35.5. The third kappa shape index (κ3) is 4.30. The molecule has 0 N–H and O–H groups in total. The summed E-state index contributed by atoms with van der Waals surface area (Å²) in [7, 11) is 0. The van der Waals surface area contributed by atoms with Crippen LogP contribution in [-0.4, -0.2) is 25.0 Å². The van der Waals surface area contributed by atoms with Gasteiger partial charge >= 0.3 is 0 Å². The minimum atomic E-state index is -0.112. The summed E-state index contributed by atoms with van der Waals surface area (Å²) in [6, 6.07) is 15.2. The Morgan fingerprint density at radius 1 is 1.06 bits per heavy atom. The molecule has 0 saturated carbocycles. The smallest absolute Gasteiger partial charge is 0.257 e. The van der Waals surface area contributed by atoms with E-state index in [-0.39, 0.29) is 5.25 Å². The highest BCUT2D eigenvalue weighted by Crippen LogP contribution is 2.36. The van der Waals surface area contributed by atoms with E-state index < -0.39 is 0 Å². The van der Waals surface area contributed by atoms with Gasteiger partial charge in [0.2, 0.25) is 5.89 Å². The number of hydrogen-bond acceptors (Lipinski definition) is 8. The van der Waals surface area contributed by atoms with E-state index in [1.807, 2.05) is 65.4 Å². The van der Waals surface area contributed by atoms with Gasteiger partial charge in [0.05, 0.1) is 22.9 Å². The molecule has 4 aromatic heterocycles. The van der Waals surface area contributed by atoms with Gasteiger partial charge in [0.1, 0.15) is 5.76 Å². The summed E-state index contributed by atoms with van der Waals surface area (Å²) in [6.07, 6.45) is 1.65. The van der Waals surface area contributed by atoms with Crippen LogP contribution >= 0.6 is 34.7 Å². The van der Waals surface area contributed by atoms with Crippen molar-refractivity contribution in [1.29, 1.82) is 0 Å². The Hall–Kier alpha value is -2.88. The topological polar surface area (TPSA) is 82.8 Å². The number of benzene rings is 1. The molecular formula is C21H16ClN5O2S2. The Labute approximate surface area is 191 Å². The van der Waals surface area contributed by atoms with Gasteiger partial charge in [0.15, 0.2) is 11.0 Å². The summed E-state index contributed by atoms with van der Waals surface area (Å²) >= 11 is 9.12. The zero-order chi connectivity index (χ0) is 21.2. The number of furan rings is 1. The molecule has 0 bridgehead atoms. The van der Waals surface area contributed by atoms with E-state index in [1.165, 1.54) is 11.8 Å². The van der Waals surface area contributed by atoms with Crippen molar-refractivity contribution in [1.82, 2.24) is 25.0 Å². The van der Waals surface area contributed by atoms with Crippen molar-refractivity contribution in [2.75, 3.05) is 0 Å². The van der Waals surface area contributed by atoms with Gasteiger partial charge in [0.25, 0.3) is 5.89 Å². The number of nitrogens with zero attached hydrogens (tertiary/aromatic N) is 5. The third-order valence-electron chi connectivity index (χ3n) is 4.52. The van der Waals surface area contributed by atoms with Gasteiger partial charge in [-0.2, -0.15) is 0 Å². The van der Waals surface area contributed by atoms with Crippen LogP contribution in [0.1, 0.15) is 23.8 Å². The molecule has 0 aliphatic carbocycles. The van der Waals surface area contributed by atoms with Gasteiger partial charge < -0.3 is 8.83 Å². The molecule has 0 aliphatic heterocycles. The first-order valence-electron chi connectivity index (χ1n) is 9.43. The quantitative estimate of drug-likeness (QED) is 0.262. The Balaban J connectivity index is 1.45. The van der Waals surface area contributed by atoms with Gasteiger partial charge in [-0.15, -0.1) is 31.7 Å². The first kappa shape index (κ1) is 20.0. The van der Waals surface area contributed by atoms with Crippen LogP contribution in [-0.2, 0) is 6.54 Å². The first-order valence-corrected chi connectivity index (χ1v) is 11.6. The van der Waals surface area contributed by atoms with E-state index in [9.17, 15) is 0 Å². The normalized spacial score (nSPS) is 12.3. The Bertz CT molecular complexity index is 1260. The average molecular weight is 470 g/mol. The molecule has 0 spiro atoms. The highest BCUT2D eigenvalue weighted by Gasteiger charge is 2.22. The van der Waals surface area contributed by atoms with Crippen molar-refractivity contribution >= 4 is 34.7 Å². The number of thioether (sulfide) groups is 1. The van der Waals surface area contributed by atoms with Crippen LogP contribution in [0.4, 0.5) is 0 Å². The molecule has 7 nitrogen and oxygen atoms in total. The zero-order valence-electron chi connectivity index (χ0n) is 16.3. The summed E-state index contributed by atoms with van der Waals surface area (Å²) in [5.74, 6) is 2.60. The maximum absolute atomic E-state index is 6.05. The molecule has 0 amide bonds. The molecule has 1 atom stereocenters. The predicted octanol–water partition coefficient (Wildman–Crippen LogP) is 6.20. The molecule has 156 valence electrons. The highest BCUT2D eigenvalue weighted by molar-refractivity contribution is 7.99. The van der Waals surface area contributed by atoms with Crippen LogP contribution in [0.2, 0.25) is 5.02 Å². The molecule has 1 unspecified atom stereocenters. The molecule has 10 heteroatoms. The molecule has 5 aromatic rings. The van der Waals surface area contributed by atoms with E-state index in [0.29, 0.717) is 23.3 Å². The lowest BCUT2D eigenvalue weighted by Crippen LogP contribution is -2.04. The van der Waals surface area contributed by atoms with Crippen molar-refractivity contribution < 1.29 is 8.83 Å². The van der Waals surface area contributed by atoms with Crippen molar-refractivity contribution in [3.8, 4) is 22.2 Å². The third-order valence-corrected chi connectivity index (χ3v) is 6.69. The molecule has 1 aromatic carbocycles. The molecule has 31 heavy (non-hydrogen) atoms.